The molecule has 104 valence electrons. The maximum Gasteiger partial charge on any atom is 0.328 e. The van der Waals surface area contributed by atoms with Crippen molar-refractivity contribution in [1.82, 2.24) is 0 Å². The van der Waals surface area contributed by atoms with Gasteiger partial charge in [-0.3, -0.25) is 4.57 Å². The summed E-state index contributed by atoms with van der Waals surface area (Å²) >= 11 is 0. The quantitative estimate of drug-likeness (QED) is 0.690. The molecule has 0 rings (SSSR count). The molecule has 4 heteroatoms. The van der Waals surface area contributed by atoms with E-state index in [1.807, 2.05) is 13.8 Å². The molecule has 0 aliphatic heterocycles. The molecule has 0 aliphatic rings. The van der Waals surface area contributed by atoms with Gasteiger partial charge >= 0.3 is 7.60 Å². The van der Waals surface area contributed by atoms with Crippen LogP contribution >= 0.6 is 7.60 Å². The molecular formula is C13H29O3P. The fourth-order valence-corrected chi connectivity index (χ4v) is 2.75. The monoisotopic (exact) mass is 264 g/mol. The molecule has 0 amide bonds. The molecule has 0 aromatic rings. The van der Waals surface area contributed by atoms with E-state index >= 15 is 0 Å². The molecule has 2 atom stereocenters. The Kier molecular flexibility index (Phi) is 5.47. The second-order valence-corrected chi connectivity index (χ2v) is 8.96. The van der Waals surface area contributed by atoms with Crippen molar-refractivity contribution in [1.29, 1.82) is 0 Å². The maximum atomic E-state index is 12.3. The van der Waals surface area contributed by atoms with E-state index in [9.17, 15) is 4.57 Å². The molecule has 0 bridgehead atoms. The van der Waals surface area contributed by atoms with Gasteiger partial charge in [-0.15, -0.1) is 0 Å². The smallest absolute Gasteiger partial charge is 0.305 e. The molecule has 0 aromatic carbocycles. The summed E-state index contributed by atoms with van der Waals surface area (Å²) in [5, 5.41) is 0. The highest BCUT2D eigenvalue weighted by Gasteiger charge is 2.32. The van der Waals surface area contributed by atoms with Crippen LogP contribution < -0.4 is 0 Å². The van der Waals surface area contributed by atoms with E-state index in [-0.39, 0.29) is 23.0 Å². The van der Waals surface area contributed by atoms with Crippen LogP contribution in [0, 0.1) is 10.8 Å². The third-order valence-electron chi connectivity index (χ3n) is 3.14. The first-order valence-corrected chi connectivity index (χ1v) is 8.19. The number of rotatable bonds is 4. The first-order chi connectivity index (χ1) is 7.26. The van der Waals surface area contributed by atoms with Crippen LogP contribution in [0.25, 0.3) is 0 Å². The van der Waals surface area contributed by atoms with E-state index in [4.69, 9.17) is 9.05 Å². The lowest BCUT2D eigenvalue weighted by Crippen LogP contribution is -2.28. The van der Waals surface area contributed by atoms with Crippen LogP contribution in [-0.2, 0) is 13.6 Å². The molecule has 0 N–H and O–H groups in total. The predicted molar refractivity (Wildman–Crippen MR) is 73.5 cm³/mol. The Labute approximate surface area is 107 Å². The van der Waals surface area contributed by atoms with Crippen molar-refractivity contribution in [2.75, 3.05) is 6.66 Å². The zero-order valence-corrected chi connectivity index (χ0v) is 13.7. The lowest BCUT2D eigenvalue weighted by molar-refractivity contribution is 0.0408. The van der Waals surface area contributed by atoms with Crippen LogP contribution in [0.5, 0.6) is 0 Å². The van der Waals surface area contributed by atoms with E-state index in [1.54, 1.807) is 6.66 Å². The Hall–Kier alpha value is 0.150. The SMILES string of the molecule is C[C@@H](OP(C)(=O)O[C@H](C)C(C)(C)C)C(C)(C)C. The molecule has 0 heterocycles. The molecule has 0 saturated carbocycles. The van der Waals surface area contributed by atoms with Crippen LogP contribution in [0.2, 0.25) is 0 Å². The fraction of sp³-hybridized carbons (Fsp3) is 1.00. The van der Waals surface area contributed by atoms with Gasteiger partial charge < -0.3 is 9.05 Å². The van der Waals surface area contributed by atoms with Gasteiger partial charge in [-0.1, -0.05) is 41.5 Å². The first-order valence-electron chi connectivity index (χ1n) is 6.20. The maximum absolute atomic E-state index is 12.3. The second-order valence-electron chi connectivity index (χ2n) is 7.00. The molecule has 0 aliphatic carbocycles. The van der Waals surface area contributed by atoms with E-state index in [1.165, 1.54) is 0 Å². The van der Waals surface area contributed by atoms with Crippen LogP contribution in [0.1, 0.15) is 55.4 Å². The average Bonchev–Trinajstić information content (AvgIpc) is 1.97. The lowest BCUT2D eigenvalue weighted by Gasteiger charge is -2.33. The van der Waals surface area contributed by atoms with Crippen molar-refractivity contribution in [3.05, 3.63) is 0 Å². The predicted octanol–water partition coefficient (Wildman–Crippen LogP) is 4.71. The minimum atomic E-state index is -3.00. The summed E-state index contributed by atoms with van der Waals surface area (Å²) < 4.78 is 23.5. The Bertz CT molecular complexity index is 260. The van der Waals surface area contributed by atoms with E-state index < -0.39 is 7.60 Å². The number of hydrogen-bond donors (Lipinski definition) is 0. The summed E-state index contributed by atoms with van der Waals surface area (Å²) in [6.07, 6.45) is -0.212. The van der Waals surface area contributed by atoms with E-state index in [0.717, 1.165) is 0 Å². The van der Waals surface area contributed by atoms with Gasteiger partial charge in [-0.25, -0.2) is 0 Å². The van der Waals surface area contributed by atoms with E-state index in [2.05, 4.69) is 41.5 Å². The molecule has 0 saturated heterocycles. The molecule has 0 radical (unpaired) electrons. The van der Waals surface area contributed by atoms with Crippen LogP contribution in [0.3, 0.4) is 0 Å². The third-order valence-corrected chi connectivity index (χ3v) is 4.54. The van der Waals surface area contributed by atoms with Crippen molar-refractivity contribution >= 4 is 7.60 Å². The van der Waals surface area contributed by atoms with Gasteiger partial charge in [0, 0.05) is 6.66 Å². The van der Waals surface area contributed by atoms with Gasteiger partial charge in [0.1, 0.15) is 0 Å². The highest BCUT2D eigenvalue weighted by molar-refractivity contribution is 7.53. The van der Waals surface area contributed by atoms with Crippen LogP contribution in [0.15, 0.2) is 0 Å². The summed E-state index contributed by atoms with van der Waals surface area (Å²) in [6.45, 7) is 17.8. The van der Waals surface area contributed by atoms with Gasteiger partial charge in [-0.05, 0) is 24.7 Å². The zero-order valence-electron chi connectivity index (χ0n) is 12.8. The average molecular weight is 264 g/mol. The topological polar surface area (TPSA) is 35.5 Å². The highest BCUT2D eigenvalue weighted by atomic mass is 31.2. The molecule has 0 fully saturated rings. The molecule has 0 unspecified atom stereocenters. The minimum absolute atomic E-state index is 0.0417. The summed E-state index contributed by atoms with van der Waals surface area (Å²) in [6, 6.07) is 0. The zero-order chi connectivity index (χ0) is 14.1. The fourth-order valence-electron chi connectivity index (χ4n) is 0.915. The van der Waals surface area contributed by atoms with Crippen molar-refractivity contribution in [3.63, 3.8) is 0 Å². The molecule has 17 heavy (non-hydrogen) atoms. The van der Waals surface area contributed by atoms with Gasteiger partial charge in [-0.2, -0.15) is 0 Å². The molecule has 0 aromatic heterocycles. The van der Waals surface area contributed by atoms with Crippen LogP contribution in [0.4, 0.5) is 0 Å². The van der Waals surface area contributed by atoms with Crippen molar-refractivity contribution in [2.45, 2.75) is 67.6 Å². The van der Waals surface area contributed by atoms with Crippen molar-refractivity contribution in [2.24, 2.45) is 10.8 Å². The van der Waals surface area contributed by atoms with Gasteiger partial charge in [0.15, 0.2) is 0 Å². The standard InChI is InChI=1S/C13H29O3P/c1-10(12(3,4)5)15-17(9,14)16-11(2)13(6,7)8/h10-11H,1-9H3/t10-,11-/m1/s1. The van der Waals surface area contributed by atoms with Gasteiger partial charge in [0.25, 0.3) is 0 Å². The van der Waals surface area contributed by atoms with Gasteiger partial charge in [0.05, 0.1) is 12.2 Å². The van der Waals surface area contributed by atoms with Gasteiger partial charge in [0.2, 0.25) is 0 Å². The lowest BCUT2D eigenvalue weighted by atomic mass is 9.91. The third kappa shape index (κ3) is 6.59. The molecule has 0 spiro atoms. The summed E-state index contributed by atoms with van der Waals surface area (Å²) in [7, 11) is -3.00. The summed E-state index contributed by atoms with van der Waals surface area (Å²) in [4.78, 5) is 0. The Balaban J connectivity index is 4.56. The Morgan fingerprint density at radius 3 is 1.24 bits per heavy atom. The second kappa shape index (κ2) is 5.42. The largest absolute Gasteiger partial charge is 0.328 e. The van der Waals surface area contributed by atoms with E-state index in [0.29, 0.717) is 0 Å². The van der Waals surface area contributed by atoms with Crippen LogP contribution in [-0.4, -0.2) is 18.9 Å². The highest BCUT2D eigenvalue weighted by Crippen LogP contribution is 2.50. The Morgan fingerprint density at radius 1 is 0.824 bits per heavy atom. The molecule has 3 nitrogen and oxygen atoms in total. The minimum Gasteiger partial charge on any atom is -0.305 e. The summed E-state index contributed by atoms with van der Waals surface area (Å²) in [5.74, 6) is 0. The van der Waals surface area contributed by atoms with Crippen molar-refractivity contribution < 1.29 is 13.6 Å². The van der Waals surface area contributed by atoms with Crippen molar-refractivity contribution in [3.8, 4) is 0 Å². The summed E-state index contributed by atoms with van der Waals surface area (Å²) in [5.41, 5.74) is -0.0833. The molecular weight excluding hydrogens is 235 g/mol. The first kappa shape index (κ1) is 17.2. The number of hydrogen-bond acceptors (Lipinski definition) is 3. The Morgan fingerprint density at radius 2 is 1.06 bits per heavy atom. The normalized spacial score (nSPS) is 17.9.